The van der Waals surface area contributed by atoms with Crippen LogP contribution in [0.15, 0.2) is 61.2 Å². The number of ether oxygens (including phenoxy) is 1. The van der Waals surface area contributed by atoms with Gasteiger partial charge >= 0.3 is 0 Å². The third-order valence-corrected chi connectivity index (χ3v) is 4.15. The lowest BCUT2D eigenvalue weighted by Gasteiger charge is -2.33. The number of rotatable bonds is 5. The van der Waals surface area contributed by atoms with Gasteiger partial charge in [0.15, 0.2) is 0 Å². The minimum absolute atomic E-state index is 0.550. The smallest absolute Gasteiger partial charge is 0.225 e. The van der Waals surface area contributed by atoms with E-state index >= 15 is 0 Å². The van der Waals surface area contributed by atoms with Gasteiger partial charge < -0.3 is 9.84 Å². The van der Waals surface area contributed by atoms with Crippen molar-refractivity contribution >= 4 is 23.2 Å². The van der Waals surface area contributed by atoms with Crippen molar-refractivity contribution in [3.8, 4) is 5.75 Å². The molecule has 5 nitrogen and oxygen atoms in total. The molecule has 3 aromatic rings. The molecule has 0 bridgehead atoms. The summed E-state index contributed by atoms with van der Waals surface area (Å²) in [5.41, 5.74) is -0.737. The summed E-state index contributed by atoms with van der Waals surface area (Å²) >= 11 is 11.8. The van der Waals surface area contributed by atoms with Gasteiger partial charge in [0, 0.05) is 10.0 Å². The zero-order valence-electron chi connectivity index (χ0n) is 12.8. The van der Waals surface area contributed by atoms with Crippen LogP contribution in [0.3, 0.4) is 0 Å². The van der Waals surface area contributed by atoms with Gasteiger partial charge in [-0.2, -0.15) is 5.10 Å². The van der Waals surface area contributed by atoms with E-state index in [9.17, 15) is 5.11 Å². The van der Waals surface area contributed by atoms with E-state index in [1.54, 1.807) is 55.5 Å². The van der Waals surface area contributed by atoms with E-state index in [2.05, 4.69) is 10.1 Å². The molecule has 24 heavy (non-hydrogen) atoms. The van der Waals surface area contributed by atoms with Crippen molar-refractivity contribution < 1.29 is 9.84 Å². The lowest BCUT2D eigenvalue weighted by molar-refractivity contribution is -0.0979. The maximum absolute atomic E-state index is 11.1. The normalized spacial score (nSPS) is 14.8. The SMILES string of the molecule is CC(O)(c1ccc(Cl)cc1)C(Oc1ccc(Cl)cc1)n1cncn1. The molecule has 0 aliphatic carbocycles. The average molecular weight is 364 g/mol. The minimum Gasteiger partial charge on any atom is -0.465 e. The maximum Gasteiger partial charge on any atom is 0.225 e. The number of benzene rings is 2. The summed E-state index contributed by atoms with van der Waals surface area (Å²) in [5, 5.41) is 16.4. The Kier molecular flexibility index (Phi) is 4.76. The highest BCUT2D eigenvalue weighted by Gasteiger charge is 2.38. The van der Waals surface area contributed by atoms with Crippen LogP contribution in [0.5, 0.6) is 5.75 Å². The van der Waals surface area contributed by atoms with Crippen LogP contribution in [0.4, 0.5) is 0 Å². The molecule has 3 rings (SSSR count). The molecule has 124 valence electrons. The van der Waals surface area contributed by atoms with E-state index in [0.717, 1.165) is 0 Å². The van der Waals surface area contributed by atoms with Gasteiger partial charge in [0.1, 0.15) is 24.0 Å². The Labute approximate surface area is 149 Å². The monoisotopic (exact) mass is 363 g/mol. The van der Waals surface area contributed by atoms with Gasteiger partial charge in [0.25, 0.3) is 0 Å². The highest BCUT2D eigenvalue weighted by molar-refractivity contribution is 6.30. The van der Waals surface area contributed by atoms with Gasteiger partial charge in [0.05, 0.1) is 0 Å². The molecule has 2 unspecified atom stereocenters. The standard InChI is InChI=1S/C17H15Cl2N3O2/c1-17(23,12-2-4-13(18)5-3-12)16(22-11-20-10-21-22)24-15-8-6-14(19)7-9-15/h2-11,16,23H,1H3. The van der Waals surface area contributed by atoms with Gasteiger partial charge in [-0.15, -0.1) is 0 Å². The zero-order chi connectivity index (χ0) is 17.2. The largest absolute Gasteiger partial charge is 0.465 e. The quantitative estimate of drug-likeness (QED) is 0.742. The molecule has 0 aliphatic heterocycles. The average Bonchev–Trinajstić information content (AvgIpc) is 3.08. The fourth-order valence-corrected chi connectivity index (χ4v) is 2.59. The third kappa shape index (κ3) is 3.53. The van der Waals surface area contributed by atoms with Crippen LogP contribution in [-0.2, 0) is 5.60 Å². The molecule has 0 spiro atoms. The molecule has 0 fully saturated rings. The van der Waals surface area contributed by atoms with Gasteiger partial charge in [-0.25, -0.2) is 9.67 Å². The predicted octanol–water partition coefficient (Wildman–Crippen LogP) is 4.07. The summed E-state index contributed by atoms with van der Waals surface area (Å²) in [6, 6.07) is 13.8. The maximum atomic E-state index is 11.1. The number of hydrogen-bond acceptors (Lipinski definition) is 4. The molecule has 0 saturated heterocycles. The highest BCUT2D eigenvalue weighted by atomic mass is 35.5. The lowest BCUT2D eigenvalue weighted by Crippen LogP contribution is -2.38. The summed E-state index contributed by atoms with van der Waals surface area (Å²) in [6.07, 6.45) is 2.04. The second kappa shape index (κ2) is 6.81. The summed E-state index contributed by atoms with van der Waals surface area (Å²) in [5.74, 6) is 0.550. The van der Waals surface area contributed by atoms with E-state index in [-0.39, 0.29) is 0 Å². The van der Waals surface area contributed by atoms with Crippen molar-refractivity contribution in [2.75, 3.05) is 0 Å². The molecule has 2 aromatic carbocycles. The molecule has 1 heterocycles. The van der Waals surface area contributed by atoms with E-state index in [0.29, 0.717) is 21.4 Å². The Morgan fingerprint density at radius 1 is 1.04 bits per heavy atom. The minimum atomic E-state index is -1.38. The molecule has 0 aliphatic rings. The van der Waals surface area contributed by atoms with Crippen molar-refractivity contribution in [3.05, 3.63) is 76.8 Å². The first-order valence-corrected chi connectivity index (χ1v) is 7.97. The summed E-state index contributed by atoms with van der Waals surface area (Å²) in [4.78, 5) is 3.94. The molecule has 1 N–H and O–H groups in total. The Hall–Kier alpha value is -2.08. The molecule has 2 atom stereocenters. The molecular weight excluding hydrogens is 349 g/mol. The second-order valence-electron chi connectivity index (χ2n) is 5.45. The summed E-state index contributed by atoms with van der Waals surface area (Å²) < 4.78 is 7.44. The van der Waals surface area contributed by atoms with Gasteiger partial charge in [-0.05, 0) is 48.9 Å². The van der Waals surface area contributed by atoms with E-state index < -0.39 is 11.8 Å². The van der Waals surface area contributed by atoms with Crippen LogP contribution >= 0.6 is 23.2 Å². The first kappa shape index (κ1) is 16.8. The zero-order valence-corrected chi connectivity index (χ0v) is 14.3. The van der Waals surface area contributed by atoms with Gasteiger partial charge in [-0.3, -0.25) is 0 Å². The Morgan fingerprint density at radius 3 is 2.17 bits per heavy atom. The first-order valence-electron chi connectivity index (χ1n) is 7.21. The number of halogens is 2. The highest BCUT2D eigenvalue weighted by Crippen LogP contribution is 2.35. The lowest BCUT2D eigenvalue weighted by atomic mass is 9.94. The van der Waals surface area contributed by atoms with Crippen LogP contribution in [0.25, 0.3) is 0 Å². The summed E-state index contributed by atoms with van der Waals surface area (Å²) in [7, 11) is 0. The van der Waals surface area contributed by atoms with Crippen molar-refractivity contribution in [2.45, 2.75) is 18.8 Å². The van der Waals surface area contributed by atoms with E-state index in [1.165, 1.54) is 17.3 Å². The predicted molar refractivity (Wildman–Crippen MR) is 92.2 cm³/mol. The molecule has 0 radical (unpaired) electrons. The van der Waals surface area contributed by atoms with Crippen LogP contribution in [0.1, 0.15) is 18.7 Å². The van der Waals surface area contributed by atoms with E-state index in [1.807, 2.05) is 0 Å². The van der Waals surface area contributed by atoms with Crippen molar-refractivity contribution in [3.63, 3.8) is 0 Å². The number of aromatic nitrogens is 3. The van der Waals surface area contributed by atoms with Crippen LogP contribution in [-0.4, -0.2) is 19.9 Å². The molecule has 0 amide bonds. The topological polar surface area (TPSA) is 60.2 Å². The van der Waals surface area contributed by atoms with Gasteiger partial charge in [-0.1, -0.05) is 35.3 Å². The van der Waals surface area contributed by atoms with Crippen molar-refractivity contribution in [1.82, 2.24) is 14.8 Å². The molecular formula is C17H15Cl2N3O2. The van der Waals surface area contributed by atoms with Crippen molar-refractivity contribution in [1.29, 1.82) is 0 Å². The van der Waals surface area contributed by atoms with Crippen LogP contribution in [0, 0.1) is 0 Å². The molecule has 7 heteroatoms. The van der Waals surface area contributed by atoms with Crippen LogP contribution < -0.4 is 4.74 Å². The van der Waals surface area contributed by atoms with Crippen molar-refractivity contribution in [2.24, 2.45) is 0 Å². The second-order valence-corrected chi connectivity index (χ2v) is 6.33. The third-order valence-electron chi connectivity index (χ3n) is 3.65. The van der Waals surface area contributed by atoms with Crippen LogP contribution in [0.2, 0.25) is 10.0 Å². The summed E-state index contributed by atoms with van der Waals surface area (Å²) in [6.45, 7) is 1.65. The Morgan fingerprint density at radius 2 is 1.62 bits per heavy atom. The Balaban J connectivity index is 1.97. The fourth-order valence-electron chi connectivity index (χ4n) is 2.34. The first-order chi connectivity index (χ1) is 11.5. The number of aliphatic hydroxyl groups is 1. The molecule has 0 saturated carbocycles. The van der Waals surface area contributed by atoms with Gasteiger partial charge in [0.2, 0.25) is 6.23 Å². The number of hydrogen-bond donors (Lipinski definition) is 1. The molecule has 1 aromatic heterocycles. The van der Waals surface area contributed by atoms with E-state index in [4.69, 9.17) is 27.9 Å². The Bertz CT molecular complexity index is 788. The fraction of sp³-hybridized carbons (Fsp3) is 0.176. The number of nitrogens with zero attached hydrogens (tertiary/aromatic N) is 3.